The summed E-state index contributed by atoms with van der Waals surface area (Å²) in [6.07, 6.45) is 7.51. The van der Waals surface area contributed by atoms with Crippen LogP contribution in [0.3, 0.4) is 0 Å². The predicted octanol–water partition coefficient (Wildman–Crippen LogP) is 3.86. The maximum absolute atomic E-state index is 4.57. The third-order valence-corrected chi connectivity index (χ3v) is 4.23. The third-order valence-electron chi connectivity index (χ3n) is 3.85. The Balaban J connectivity index is 1.74. The molecule has 0 amide bonds. The van der Waals surface area contributed by atoms with Crippen LogP contribution in [0.15, 0.2) is 47.3 Å². The molecule has 0 radical (unpaired) electrons. The number of hydrogen-bond acceptors (Lipinski definition) is 4. The monoisotopic (exact) mass is 394 g/mol. The van der Waals surface area contributed by atoms with Gasteiger partial charge in [-0.25, -0.2) is 15.0 Å². The molecule has 0 aliphatic carbocycles. The molecule has 0 saturated heterocycles. The quantitative estimate of drug-likeness (QED) is 0.529. The molecule has 0 spiro atoms. The molecule has 0 N–H and O–H groups in total. The number of hydrogen-bond donors (Lipinski definition) is 0. The highest BCUT2D eigenvalue weighted by Gasteiger charge is 2.08. The zero-order valence-electron chi connectivity index (χ0n) is 13.8. The van der Waals surface area contributed by atoms with Crippen LogP contribution in [0.4, 0.5) is 0 Å². The summed E-state index contributed by atoms with van der Waals surface area (Å²) in [6, 6.07) is 10.1. The first-order valence-corrected chi connectivity index (χ1v) is 8.58. The lowest BCUT2D eigenvalue weighted by atomic mass is 10.3. The van der Waals surface area contributed by atoms with Crippen molar-refractivity contribution in [3.05, 3.63) is 70.4 Å². The van der Waals surface area contributed by atoms with Gasteiger partial charge >= 0.3 is 0 Å². The van der Waals surface area contributed by atoms with Gasteiger partial charge in [-0.3, -0.25) is 4.57 Å². The van der Waals surface area contributed by atoms with Gasteiger partial charge in [0.1, 0.15) is 16.3 Å². The van der Waals surface area contributed by atoms with Gasteiger partial charge in [-0.2, -0.15) is 4.52 Å². The van der Waals surface area contributed by atoms with Gasteiger partial charge in [0.05, 0.1) is 0 Å². The lowest BCUT2D eigenvalue weighted by molar-refractivity contribution is 0.854. The molecular formula is C18H15BrN6. The van der Waals surface area contributed by atoms with Crippen LogP contribution in [-0.4, -0.2) is 29.1 Å². The van der Waals surface area contributed by atoms with E-state index in [-0.39, 0.29) is 0 Å². The molecule has 0 aliphatic rings. The summed E-state index contributed by atoms with van der Waals surface area (Å²) in [5.74, 6) is 2.22. The van der Waals surface area contributed by atoms with Gasteiger partial charge < -0.3 is 0 Å². The van der Waals surface area contributed by atoms with Gasteiger partial charge in [0.2, 0.25) is 0 Å². The van der Waals surface area contributed by atoms with E-state index in [1.54, 1.807) is 4.52 Å². The molecule has 0 aliphatic heterocycles. The van der Waals surface area contributed by atoms with Crippen LogP contribution in [0.5, 0.6) is 0 Å². The number of halogens is 1. The molecule has 4 rings (SSSR count). The van der Waals surface area contributed by atoms with Crippen molar-refractivity contribution in [2.45, 2.75) is 13.8 Å². The first kappa shape index (κ1) is 15.7. The van der Waals surface area contributed by atoms with Gasteiger partial charge in [0.25, 0.3) is 0 Å². The molecule has 25 heavy (non-hydrogen) atoms. The number of fused-ring (bicyclic) bond motifs is 1. The Morgan fingerprint density at radius 3 is 2.60 bits per heavy atom. The second-order valence-corrected chi connectivity index (χ2v) is 6.47. The Kier molecular flexibility index (Phi) is 3.93. The predicted molar refractivity (Wildman–Crippen MR) is 100 cm³/mol. The maximum atomic E-state index is 4.57. The maximum Gasteiger partial charge on any atom is 0.175 e. The Bertz CT molecular complexity index is 1040. The van der Waals surface area contributed by atoms with Crippen LogP contribution in [0.1, 0.15) is 23.0 Å². The molecular weight excluding hydrogens is 380 g/mol. The normalized spacial score (nSPS) is 11.6. The number of benzene rings is 1. The van der Waals surface area contributed by atoms with Crippen LogP contribution in [0.25, 0.3) is 23.5 Å². The highest BCUT2D eigenvalue weighted by atomic mass is 79.9. The van der Waals surface area contributed by atoms with Crippen LogP contribution in [0.2, 0.25) is 0 Å². The molecule has 124 valence electrons. The second kappa shape index (κ2) is 6.25. The molecule has 0 unspecified atom stereocenters. The van der Waals surface area contributed by atoms with Crippen molar-refractivity contribution in [3.8, 4) is 5.69 Å². The minimum absolute atomic E-state index is 0.623. The molecule has 4 aromatic rings. The summed E-state index contributed by atoms with van der Waals surface area (Å²) in [7, 11) is 0. The Hall–Kier alpha value is -2.80. The van der Waals surface area contributed by atoms with Crippen molar-refractivity contribution in [2.24, 2.45) is 0 Å². The summed E-state index contributed by atoms with van der Waals surface area (Å²) in [5.41, 5.74) is 2.85. The fourth-order valence-corrected chi connectivity index (χ4v) is 3.00. The molecule has 6 nitrogen and oxygen atoms in total. The number of para-hydroxylation sites is 1. The standard InChI is InChI=1S/C18H15BrN6/c1-12-10-20-13(2)25-18(12)22-16(23-25)8-9-17-21-15(19)11-24(17)14-6-4-3-5-7-14/h3-11H,1-2H3/b9-8+. The highest BCUT2D eigenvalue weighted by molar-refractivity contribution is 9.10. The molecule has 0 atom stereocenters. The summed E-state index contributed by atoms with van der Waals surface area (Å²) >= 11 is 3.44. The first-order chi connectivity index (χ1) is 12.1. The zero-order valence-corrected chi connectivity index (χ0v) is 15.3. The van der Waals surface area contributed by atoms with E-state index in [0.29, 0.717) is 5.82 Å². The molecule has 0 fully saturated rings. The average Bonchev–Trinajstić information content (AvgIpc) is 3.21. The van der Waals surface area contributed by atoms with Gasteiger partial charge in [0.15, 0.2) is 11.5 Å². The van der Waals surface area contributed by atoms with Crippen LogP contribution in [0, 0.1) is 13.8 Å². The van der Waals surface area contributed by atoms with Gasteiger partial charge in [-0.05, 0) is 54.1 Å². The Morgan fingerprint density at radius 1 is 1.04 bits per heavy atom. The number of imidazole rings is 1. The number of rotatable bonds is 3. The minimum Gasteiger partial charge on any atom is -0.299 e. The van der Waals surface area contributed by atoms with E-state index in [1.807, 2.05) is 73.3 Å². The van der Waals surface area contributed by atoms with E-state index < -0.39 is 0 Å². The Morgan fingerprint density at radius 2 is 1.84 bits per heavy atom. The van der Waals surface area contributed by atoms with Crippen LogP contribution in [-0.2, 0) is 0 Å². The molecule has 0 bridgehead atoms. The topological polar surface area (TPSA) is 60.9 Å². The van der Waals surface area contributed by atoms with Gasteiger partial charge in [-0.1, -0.05) is 18.2 Å². The fraction of sp³-hybridized carbons (Fsp3) is 0.111. The van der Waals surface area contributed by atoms with Gasteiger partial charge in [0, 0.05) is 23.6 Å². The van der Waals surface area contributed by atoms with E-state index in [0.717, 1.165) is 33.2 Å². The van der Waals surface area contributed by atoms with Crippen molar-refractivity contribution in [3.63, 3.8) is 0 Å². The van der Waals surface area contributed by atoms with Crippen molar-refractivity contribution in [1.29, 1.82) is 0 Å². The summed E-state index contributed by atoms with van der Waals surface area (Å²) in [4.78, 5) is 13.4. The van der Waals surface area contributed by atoms with E-state index in [4.69, 9.17) is 0 Å². The van der Waals surface area contributed by atoms with Crippen molar-refractivity contribution >= 4 is 33.7 Å². The summed E-state index contributed by atoms with van der Waals surface area (Å²) in [5, 5.41) is 4.50. The first-order valence-electron chi connectivity index (χ1n) is 7.79. The van der Waals surface area contributed by atoms with Crippen molar-refractivity contribution in [1.82, 2.24) is 29.1 Å². The van der Waals surface area contributed by atoms with E-state index in [1.165, 1.54) is 0 Å². The molecule has 0 saturated carbocycles. The number of aryl methyl sites for hydroxylation is 2. The molecule has 1 aromatic carbocycles. The average molecular weight is 395 g/mol. The summed E-state index contributed by atoms with van der Waals surface area (Å²) in [6.45, 7) is 3.89. The molecule has 3 heterocycles. The minimum atomic E-state index is 0.623. The lowest BCUT2D eigenvalue weighted by Crippen LogP contribution is -1.98. The van der Waals surface area contributed by atoms with E-state index in [9.17, 15) is 0 Å². The number of aromatic nitrogens is 6. The third kappa shape index (κ3) is 2.98. The number of nitrogens with zero attached hydrogens (tertiary/aromatic N) is 6. The van der Waals surface area contributed by atoms with Crippen LogP contribution < -0.4 is 0 Å². The smallest absolute Gasteiger partial charge is 0.175 e. The second-order valence-electron chi connectivity index (χ2n) is 5.65. The molecule has 7 heteroatoms. The van der Waals surface area contributed by atoms with E-state index in [2.05, 4.69) is 36.0 Å². The molecule has 3 aromatic heterocycles. The zero-order chi connectivity index (χ0) is 17.4. The van der Waals surface area contributed by atoms with E-state index >= 15 is 0 Å². The van der Waals surface area contributed by atoms with Crippen LogP contribution >= 0.6 is 15.9 Å². The van der Waals surface area contributed by atoms with Gasteiger partial charge in [-0.15, -0.1) is 5.10 Å². The fourth-order valence-electron chi connectivity index (χ4n) is 2.61. The highest BCUT2D eigenvalue weighted by Crippen LogP contribution is 2.18. The summed E-state index contributed by atoms with van der Waals surface area (Å²) < 4.78 is 4.54. The largest absolute Gasteiger partial charge is 0.299 e. The van der Waals surface area contributed by atoms with Crippen molar-refractivity contribution < 1.29 is 0 Å². The lowest BCUT2D eigenvalue weighted by Gasteiger charge is -2.03. The van der Waals surface area contributed by atoms with Crippen molar-refractivity contribution in [2.75, 3.05) is 0 Å². The Labute approximate surface area is 153 Å². The SMILES string of the molecule is Cc1cnc(C)n2nc(/C=C/c3nc(Br)cn3-c3ccccc3)nc12.